The first-order valence-electron chi connectivity index (χ1n) is 15.7. The molecule has 0 unspecified atom stereocenters. The molecule has 0 saturated carbocycles. The van der Waals surface area contributed by atoms with Crippen LogP contribution in [0.3, 0.4) is 0 Å². The molecule has 1 saturated heterocycles. The molecule has 4 aromatic carbocycles. The molecular formula is C37H37N3O8. The lowest BCUT2D eigenvalue weighted by molar-refractivity contribution is -0.141. The predicted molar refractivity (Wildman–Crippen MR) is 177 cm³/mol. The number of benzene rings is 4. The summed E-state index contributed by atoms with van der Waals surface area (Å²) in [4.78, 5) is 41.9. The number of nitrogens with zero attached hydrogens (tertiary/aromatic N) is 1. The second kappa shape index (κ2) is 14.4. The van der Waals surface area contributed by atoms with Crippen LogP contribution in [0, 0.1) is 0 Å². The second-order valence-electron chi connectivity index (χ2n) is 11.5. The molecule has 3 amide bonds. The van der Waals surface area contributed by atoms with Gasteiger partial charge in [0.25, 0.3) is 17.7 Å². The summed E-state index contributed by atoms with van der Waals surface area (Å²) in [7, 11) is 3.06. The van der Waals surface area contributed by atoms with Crippen molar-refractivity contribution in [2.45, 2.75) is 25.0 Å². The van der Waals surface area contributed by atoms with Crippen molar-refractivity contribution >= 4 is 17.7 Å². The van der Waals surface area contributed by atoms with Gasteiger partial charge in [0.05, 0.1) is 20.8 Å². The Hall–Kier alpha value is -5.71. The molecule has 1 spiro atoms. The highest BCUT2D eigenvalue weighted by Gasteiger charge is 2.45. The summed E-state index contributed by atoms with van der Waals surface area (Å²) < 4.78 is 29.6. The highest BCUT2D eigenvalue weighted by Crippen LogP contribution is 2.36. The Balaban J connectivity index is 1.28. The average molecular weight is 652 g/mol. The SMILES string of the molecule is COc1cc2ccc1CNC(=O)C1(CCN(C(=O)c3ccccc3)CC1)Oc1ccc(cc1)OCCNC(=O)c1ccc(OC)c(c1)O2. The third kappa shape index (κ3) is 7.15. The molecule has 48 heavy (non-hydrogen) atoms. The molecule has 2 N–H and O–H groups in total. The standard InChI is InChI=1S/C37H37N3O8/c1-44-31-15-9-26-22-33(31)47-30-10-8-27(32(23-30)45-2)24-39-36(43)37(16-19-40(20-17-37)35(42)25-6-4-3-5-7-25)48-29-13-11-28(12-14-29)46-21-18-38-34(26)41/h3-15,22-23H,16-21,24H2,1-2H3,(H,38,41)(H,39,43). The van der Waals surface area contributed by atoms with Gasteiger partial charge in [0.15, 0.2) is 17.1 Å². The normalized spacial score (nSPS) is 16.2. The number of hydrogen-bond donors (Lipinski definition) is 2. The number of methoxy groups -OCH3 is 2. The van der Waals surface area contributed by atoms with Crippen LogP contribution in [0.5, 0.6) is 34.5 Å². The fourth-order valence-electron chi connectivity index (χ4n) is 5.77. The van der Waals surface area contributed by atoms with E-state index in [1.54, 1.807) is 77.7 Å². The van der Waals surface area contributed by atoms with Crippen molar-refractivity contribution in [2.75, 3.05) is 40.5 Å². The Morgan fingerprint density at radius 2 is 1.50 bits per heavy atom. The zero-order chi connectivity index (χ0) is 33.5. The molecule has 5 aliphatic heterocycles. The van der Waals surface area contributed by atoms with E-state index in [0.29, 0.717) is 77.1 Å². The Bertz CT molecular complexity index is 1770. The van der Waals surface area contributed by atoms with E-state index in [1.165, 1.54) is 14.2 Å². The molecule has 1 fully saturated rings. The van der Waals surface area contributed by atoms with Crippen LogP contribution in [0.2, 0.25) is 0 Å². The van der Waals surface area contributed by atoms with E-state index in [1.807, 2.05) is 18.2 Å². The van der Waals surface area contributed by atoms with Crippen LogP contribution in [0.25, 0.3) is 0 Å². The Labute approximate surface area is 278 Å². The Kier molecular flexibility index (Phi) is 9.65. The molecule has 4 aromatic rings. The minimum Gasteiger partial charge on any atom is -0.496 e. The molecule has 5 aliphatic rings. The maximum atomic E-state index is 14.0. The van der Waals surface area contributed by atoms with Crippen molar-refractivity contribution in [3.8, 4) is 34.5 Å². The smallest absolute Gasteiger partial charge is 0.264 e. The molecule has 11 nitrogen and oxygen atoms in total. The Morgan fingerprint density at radius 3 is 2.23 bits per heavy atom. The number of piperidine rings is 1. The van der Waals surface area contributed by atoms with Crippen LogP contribution in [0.4, 0.5) is 0 Å². The van der Waals surface area contributed by atoms with E-state index >= 15 is 0 Å². The van der Waals surface area contributed by atoms with Gasteiger partial charge < -0.3 is 39.2 Å². The zero-order valence-corrected chi connectivity index (χ0v) is 26.8. The molecular weight excluding hydrogens is 614 g/mol. The van der Waals surface area contributed by atoms with Gasteiger partial charge >= 0.3 is 0 Å². The monoisotopic (exact) mass is 651 g/mol. The number of likely N-dealkylation sites (tertiary alicyclic amines) is 1. The molecule has 248 valence electrons. The maximum Gasteiger partial charge on any atom is 0.264 e. The van der Waals surface area contributed by atoms with E-state index in [2.05, 4.69) is 10.6 Å². The summed E-state index contributed by atoms with van der Waals surface area (Å²) in [5, 5.41) is 5.91. The number of rotatable bonds is 3. The first-order chi connectivity index (χ1) is 23.4. The fourth-order valence-corrected chi connectivity index (χ4v) is 5.77. The summed E-state index contributed by atoms with van der Waals surface area (Å²) in [5.41, 5.74) is 0.482. The van der Waals surface area contributed by atoms with Crippen LogP contribution in [-0.4, -0.2) is 68.7 Å². The van der Waals surface area contributed by atoms with Gasteiger partial charge in [-0.2, -0.15) is 0 Å². The van der Waals surface area contributed by atoms with E-state index in [-0.39, 0.29) is 37.4 Å². The number of carbonyl (C=O) groups is 3. The summed E-state index contributed by atoms with van der Waals surface area (Å²) in [5.74, 6) is 2.15. The van der Waals surface area contributed by atoms with Crippen molar-refractivity contribution in [2.24, 2.45) is 0 Å². The van der Waals surface area contributed by atoms with Gasteiger partial charge in [0, 0.05) is 55.2 Å². The van der Waals surface area contributed by atoms with Gasteiger partial charge in [-0.1, -0.05) is 18.2 Å². The van der Waals surface area contributed by atoms with Crippen molar-refractivity contribution in [1.29, 1.82) is 0 Å². The quantitative estimate of drug-likeness (QED) is 0.318. The minimum absolute atomic E-state index is 0.0849. The summed E-state index contributed by atoms with van der Waals surface area (Å²) in [6, 6.07) is 26.3. The molecule has 11 heteroatoms. The fraction of sp³-hybridized carbons (Fsp3) is 0.270. The number of nitrogens with one attached hydrogen (secondary N) is 2. The van der Waals surface area contributed by atoms with Crippen molar-refractivity contribution in [3.05, 3.63) is 108 Å². The van der Waals surface area contributed by atoms with E-state index < -0.39 is 5.60 Å². The summed E-state index contributed by atoms with van der Waals surface area (Å²) in [6.07, 6.45) is 0.584. The van der Waals surface area contributed by atoms with E-state index in [4.69, 9.17) is 23.7 Å². The highest BCUT2D eigenvalue weighted by molar-refractivity contribution is 5.95. The average Bonchev–Trinajstić information content (AvgIpc) is 3.13. The van der Waals surface area contributed by atoms with Gasteiger partial charge in [0.2, 0.25) is 0 Å². The van der Waals surface area contributed by atoms with Crippen LogP contribution in [0.1, 0.15) is 39.1 Å². The van der Waals surface area contributed by atoms with Gasteiger partial charge in [-0.25, -0.2) is 0 Å². The number of amides is 3. The number of carbonyl (C=O) groups excluding carboxylic acids is 3. The van der Waals surface area contributed by atoms with Crippen molar-refractivity contribution in [3.63, 3.8) is 0 Å². The van der Waals surface area contributed by atoms with Gasteiger partial charge in [-0.15, -0.1) is 0 Å². The molecule has 6 bridgehead atoms. The number of ether oxygens (including phenoxy) is 5. The van der Waals surface area contributed by atoms with Crippen LogP contribution in [-0.2, 0) is 11.3 Å². The summed E-state index contributed by atoms with van der Waals surface area (Å²) in [6.45, 7) is 1.34. The molecule has 5 heterocycles. The second-order valence-corrected chi connectivity index (χ2v) is 11.5. The maximum absolute atomic E-state index is 14.0. The molecule has 0 atom stereocenters. The zero-order valence-electron chi connectivity index (χ0n) is 26.8. The molecule has 0 aromatic heterocycles. The molecule has 9 rings (SSSR count). The van der Waals surface area contributed by atoms with Gasteiger partial charge in [0.1, 0.15) is 29.6 Å². The van der Waals surface area contributed by atoms with Crippen LogP contribution < -0.4 is 34.3 Å². The lowest BCUT2D eigenvalue weighted by Crippen LogP contribution is -2.58. The van der Waals surface area contributed by atoms with Crippen LogP contribution in [0.15, 0.2) is 91.0 Å². The predicted octanol–water partition coefficient (Wildman–Crippen LogP) is 4.99. The van der Waals surface area contributed by atoms with E-state index in [9.17, 15) is 14.4 Å². The number of hydrogen-bond acceptors (Lipinski definition) is 8. The lowest BCUT2D eigenvalue weighted by Gasteiger charge is -2.40. The van der Waals surface area contributed by atoms with Crippen molar-refractivity contribution in [1.82, 2.24) is 15.5 Å². The highest BCUT2D eigenvalue weighted by atomic mass is 16.5. The third-order valence-electron chi connectivity index (χ3n) is 8.44. The topological polar surface area (TPSA) is 125 Å². The van der Waals surface area contributed by atoms with Gasteiger partial charge in [-0.3, -0.25) is 14.4 Å². The van der Waals surface area contributed by atoms with Gasteiger partial charge in [-0.05, 0) is 66.7 Å². The Morgan fingerprint density at radius 1 is 0.792 bits per heavy atom. The van der Waals surface area contributed by atoms with Crippen molar-refractivity contribution < 1.29 is 38.1 Å². The third-order valence-corrected chi connectivity index (χ3v) is 8.44. The lowest BCUT2D eigenvalue weighted by atomic mass is 9.89. The minimum atomic E-state index is -1.23. The van der Waals surface area contributed by atoms with Crippen LogP contribution >= 0.6 is 0 Å². The summed E-state index contributed by atoms with van der Waals surface area (Å²) >= 11 is 0. The van der Waals surface area contributed by atoms with E-state index in [0.717, 1.165) is 0 Å². The molecule has 0 radical (unpaired) electrons. The largest absolute Gasteiger partial charge is 0.496 e. The molecule has 0 aliphatic carbocycles. The first kappa shape index (κ1) is 32.2. The first-order valence-corrected chi connectivity index (χ1v) is 15.7.